The van der Waals surface area contributed by atoms with Crippen molar-refractivity contribution in [1.82, 2.24) is 26.6 Å². The fraction of sp³-hybridized carbons (Fsp3) is 0.636. The van der Waals surface area contributed by atoms with E-state index in [1.165, 1.54) is 38.1 Å². The van der Waals surface area contributed by atoms with Crippen LogP contribution in [0.2, 0.25) is 0 Å². The predicted molar refractivity (Wildman–Crippen MR) is 194 cm³/mol. The van der Waals surface area contributed by atoms with Crippen molar-refractivity contribution in [2.24, 2.45) is 23.1 Å². The molecule has 6 atom stereocenters. The second kappa shape index (κ2) is 23.5. The van der Waals surface area contributed by atoms with Gasteiger partial charge >= 0.3 is 7.82 Å². The molecule has 1 aromatic carbocycles. The van der Waals surface area contributed by atoms with Crippen molar-refractivity contribution >= 4 is 43.3 Å². The van der Waals surface area contributed by atoms with E-state index in [0.717, 1.165) is 0 Å². The average Bonchev–Trinajstić information content (AvgIpc) is 3.05. The third-order valence-electron chi connectivity index (χ3n) is 7.87. The van der Waals surface area contributed by atoms with E-state index >= 15 is 0 Å². The summed E-state index contributed by atoms with van der Waals surface area (Å²) in [5, 5.41) is 23.2. The van der Waals surface area contributed by atoms with Crippen molar-refractivity contribution in [1.29, 1.82) is 0 Å². The van der Waals surface area contributed by atoms with Gasteiger partial charge in [0.05, 0.1) is 6.10 Å². The number of primary amides is 1. The number of hydrogen-bond acceptors (Lipinski definition) is 11. The first-order valence-electron chi connectivity index (χ1n) is 17.5. The molecule has 0 saturated carbocycles. The van der Waals surface area contributed by atoms with Gasteiger partial charge in [0.25, 0.3) is 0 Å². The van der Waals surface area contributed by atoms with Gasteiger partial charge in [-0.05, 0) is 88.6 Å². The fourth-order valence-electron chi connectivity index (χ4n) is 5.22. The molecule has 0 unspecified atom stereocenters. The minimum atomic E-state index is -4.79. The van der Waals surface area contributed by atoms with Crippen LogP contribution < -0.4 is 48.3 Å². The Bertz CT molecular complexity index is 1410. The van der Waals surface area contributed by atoms with Gasteiger partial charge < -0.3 is 53.4 Å². The highest BCUT2D eigenvalue weighted by molar-refractivity contribution is 7.46. The highest BCUT2D eigenvalue weighted by Gasteiger charge is 2.34. The van der Waals surface area contributed by atoms with E-state index in [1.54, 1.807) is 0 Å². The number of carbonyl (C=O) groups excluding carboxylic acids is 6. The largest absolute Gasteiger partial charge is 0.524 e. The van der Waals surface area contributed by atoms with E-state index in [2.05, 4.69) is 31.1 Å². The third kappa shape index (κ3) is 19.0. The van der Waals surface area contributed by atoms with Crippen LogP contribution in [-0.2, 0) is 39.8 Å². The number of unbranched alkanes of at least 4 members (excludes halogenated alkanes) is 2. The van der Waals surface area contributed by atoms with E-state index in [4.69, 9.17) is 27.0 Å². The van der Waals surface area contributed by atoms with Crippen molar-refractivity contribution in [2.45, 2.75) is 115 Å². The molecule has 6 amide bonds. The first kappa shape index (κ1) is 46.9. The number of nitrogens with one attached hydrogen (secondary N) is 5. The molecule has 53 heavy (non-hydrogen) atoms. The molecule has 0 bridgehead atoms. The quantitative estimate of drug-likeness (QED) is 0.0391. The topological polar surface area (TPSA) is 328 Å². The van der Waals surface area contributed by atoms with Gasteiger partial charge in [-0.15, -0.1) is 0 Å². The SMILES string of the molecule is CC(=O)N[C@@H](Cc1ccc(OP(=O)(O)O)cc1)C(=O)N[C@@H](CC(C)C)C(=O)N[C@@H](CCCCN)C(=O)N[C@H](C(=O)N[C@@H](CCCCN)C(N)=O)[C@@H](C)O. The number of benzene rings is 1. The van der Waals surface area contributed by atoms with Gasteiger partial charge in [-0.3, -0.25) is 38.6 Å². The first-order valence-corrected chi connectivity index (χ1v) is 19.0. The van der Waals surface area contributed by atoms with Gasteiger partial charge in [0.1, 0.15) is 36.0 Å². The summed E-state index contributed by atoms with van der Waals surface area (Å²) in [5.41, 5.74) is 17.1. The summed E-state index contributed by atoms with van der Waals surface area (Å²) >= 11 is 0. The van der Waals surface area contributed by atoms with Gasteiger partial charge in [0.15, 0.2) is 0 Å². The van der Waals surface area contributed by atoms with Crippen LogP contribution in [0.4, 0.5) is 0 Å². The molecule has 19 nitrogen and oxygen atoms in total. The maximum Gasteiger partial charge on any atom is 0.524 e. The zero-order valence-electron chi connectivity index (χ0n) is 30.7. The molecule has 300 valence electrons. The van der Waals surface area contributed by atoms with E-state index < -0.39 is 79.6 Å². The molecular weight excluding hydrogens is 715 g/mol. The molecule has 0 radical (unpaired) electrons. The number of carbonyl (C=O) groups is 6. The Hall–Kier alpha value is -4.13. The second-order valence-electron chi connectivity index (χ2n) is 13.2. The van der Waals surface area contributed by atoms with Crippen molar-refractivity contribution in [3.8, 4) is 5.75 Å². The van der Waals surface area contributed by atoms with Crippen LogP contribution >= 0.6 is 7.82 Å². The highest BCUT2D eigenvalue weighted by Crippen LogP contribution is 2.37. The van der Waals surface area contributed by atoms with Crippen LogP contribution in [-0.4, -0.2) is 99.7 Å². The summed E-state index contributed by atoms with van der Waals surface area (Å²) in [7, 11) is -4.79. The molecule has 1 aromatic rings. The second-order valence-corrected chi connectivity index (χ2v) is 14.4. The Balaban J connectivity index is 3.23. The van der Waals surface area contributed by atoms with Crippen LogP contribution in [0.1, 0.15) is 78.2 Å². The number of phosphoric acid groups is 1. The molecule has 0 aliphatic heterocycles. The number of amides is 6. The average molecular weight is 773 g/mol. The highest BCUT2D eigenvalue weighted by atomic mass is 31.2. The van der Waals surface area contributed by atoms with E-state index in [1.807, 2.05) is 13.8 Å². The Labute approximate surface area is 309 Å². The van der Waals surface area contributed by atoms with Gasteiger partial charge in [-0.2, -0.15) is 0 Å². The van der Waals surface area contributed by atoms with Gasteiger partial charge in [-0.25, -0.2) is 4.57 Å². The van der Waals surface area contributed by atoms with E-state index in [9.17, 15) is 38.4 Å². The molecule has 1 rings (SSSR count). The molecular formula is C33H57N8O11P. The Morgan fingerprint density at radius 1 is 0.717 bits per heavy atom. The Morgan fingerprint density at radius 3 is 1.68 bits per heavy atom. The lowest BCUT2D eigenvalue weighted by atomic mass is 10.00. The monoisotopic (exact) mass is 772 g/mol. The number of hydrogen-bond donors (Lipinski definition) is 11. The standard InChI is InChI=1S/C33H57N8O11P/c1-19(2)17-26(40-32(47)27(37-21(4)43)18-22-11-13-23(14-12-22)52-53(49,50)51)31(46)39-25(10-6-8-16-35)30(45)41-28(20(3)42)33(48)38-24(29(36)44)9-5-7-15-34/h11-14,19-20,24-28,42H,5-10,15-18,34-35H2,1-4H3,(H2,36,44)(H,37,43)(H,38,48)(H,39,46)(H,40,47)(H,41,45)(H2,49,50,51)/t20-,24+,25+,26+,27+,28+/m1/s1. The lowest BCUT2D eigenvalue weighted by Crippen LogP contribution is -2.61. The molecule has 0 aliphatic rings. The number of rotatable bonds is 25. The fourth-order valence-corrected chi connectivity index (χ4v) is 5.62. The predicted octanol–water partition coefficient (Wildman–Crippen LogP) is -1.69. The van der Waals surface area contributed by atoms with Crippen LogP contribution in [0.3, 0.4) is 0 Å². The minimum Gasteiger partial charge on any atom is -0.404 e. The summed E-state index contributed by atoms with van der Waals surface area (Å²) in [5.74, 6) is -4.71. The van der Waals surface area contributed by atoms with E-state index in [-0.39, 0.29) is 37.4 Å². The van der Waals surface area contributed by atoms with Crippen LogP contribution in [0.25, 0.3) is 0 Å². The van der Waals surface area contributed by atoms with Crippen LogP contribution in [0.15, 0.2) is 24.3 Å². The Morgan fingerprint density at radius 2 is 1.21 bits per heavy atom. The summed E-state index contributed by atoms with van der Waals surface area (Å²) in [6.45, 7) is 6.77. The van der Waals surface area contributed by atoms with Crippen molar-refractivity contribution in [2.75, 3.05) is 13.1 Å². The molecule has 0 heterocycles. The lowest BCUT2D eigenvalue weighted by Gasteiger charge is -2.28. The molecule has 0 aromatic heterocycles. The third-order valence-corrected chi connectivity index (χ3v) is 8.32. The molecule has 0 fully saturated rings. The van der Waals surface area contributed by atoms with Crippen molar-refractivity contribution in [3.05, 3.63) is 29.8 Å². The van der Waals surface area contributed by atoms with Crippen LogP contribution in [0, 0.1) is 5.92 Å². The number of phosphoric ester groups is 1. The zero-order chi connectivity index (χ0) is 40.3. The molecule has 0 saturated heterocycles. The van der Waals surface area contributed by atoms with Crippen LogP contribution in [0.5, 0.6) is 5.75 Å². The summed E-state index contributed by atoms with van der Waals surface area (Å²) < 4.78 is 15.7. The molecule has 0 aliphatic carbocycles. The van der Waals surface area contributed by atoms with Gasteiger partial charge in [-0.1, -0.05) is 26.0 Å². The summed E-state index contributed by atoms with van der Waals surface area (Å²) in [6.07, 6.45) is 0.921. The zero-order valence-corrected chi connectivity index (χ0v) is 31.6. The minimum absolute atomic E-state index is 0.0613. The maximum absolute atomic E-state index is 13.7. The van der Waals surface area contributed by atoms with Crippen molar-refractivity contribution in [3.63, 3.8) is 0 Å². The normalized spacial score (nSPS) is 14.8. The smallest absolute Gasteiger partial charge is 0.404 e. The number of aliphatic hydroxyl groups excluding tert-OH is 1. The lowest BCUT2D eigenvalue weighted by molar-refractivity contribution is -0.136. The molecule has 14 N–H and O–H groups in total. The van der Waals surface area contributed by atoms with E-state index in [0.29, 0.717) is 44.3 Å². The van der Waals surface area contributed by atoms with Gasteiger partial charge in [0.2, 0.25) is 35.4 Å². The Kier molecular flexibility index (Phi) is 20.8. The molecule has 0 spiro atoms. The van der Waals surface area contributed by atoms with Gasteiger partial charge in [0, 0.05) is 13.3 Å². The maximum atomic E-state index is 13.7. The first-order chi connectivity index (χ1) is 24.8. The summed E-state index contributed by atoms with van der Waals surface area (Å²) in [6, 6.07) is -0.698. The number of nitrogens with two attached hydrogens (primary N) is 3. The number of aliphatic hydroxyl groups is 1. The summed E-state index contributed by atoms with van der Waals surface area (Å²) in [4.78, 5) is 96.0. The molecule has 20 heteroatoms. The van der Waals surface area contributed by atoms with Crippen molar-refractivity contribution < 1.29 is 52.7 Å².